The highest BCUT2D eigenvalue weighted by atomic mass is 35.5. The van der Waals surface area contributed by atoms with Crippen molar-refractivity contribution in [3.8, 4) is 5.69 Å². The van der Waals surface area contributed by atoms with Crippen molar-refractivity contribution < 1.29 is 9.21 Å². The van der Waals surface area contributed by atoms with Crippen LogP contribution in [0, 0.1) is 6.92 Å². The van der Waals surface area contributed by atoms with E-state index in [1.165, 1.54) is 4.80 Å². The fourth-order valence-electron chi connectivity index (χ4n) is 4.86. The number of piperidine rings is 1. The topological polar surface area (TPSA) is 80.3 Å². The third kappa shape index (κ3) is 3.14. The first kappa shape index (κ1) is 19.3. The number of likely N-dealkylation sites (tertiary alicyclic amines) is 1. The molecule has 6 rings (SSSR count). The first-order valence-corrected chi connectivity index (χ1v) is 11.1. The number of amides is 1. The number of oxazole rings is 1. The highest BCUT2D eigenvalue weighted by Gasteiger charge is 2.43. The van der Waals surface area contributed by atoms with E-state index >= 15 is 0 Å². The van der Waals surface area contributed by atoms with E-state index in [1.807, 2.05) is 42.2 Å². The molecule has 9 heteroatoms. The number of halogens is 1. The minimum atomic E-state index is 0.0136. The first-order chi connectivity index (χ1) is 15.6. The summed E-state index contributed by atoms with van der Waals surface area (Å²) in [6.07, 6.45) is 4.99. The molecule has 2 atom stereocenters. The van der Waals surface area contributed by atoms with Crippen LogP contribution in [0.4, 0.5) is 6.01 Å². The van der Waals surface area contributed by atoms with E-state index in [0.717, 1.165) is 30.5 Å². The number of carbonyl (C=O) groups excluding carboxylic acids is 1. The lowest BCUT2D eigenvalue weighted by molar-refractivity contribution is 0.0735. The summed E-state index contributed by atoms with van der Waals surface area (Å²) >= 11 is 6.10. The molecule has 2 aromatic heterocycles. The Bertz CT molecular complexity index is 1320. The zero-order chi connectivity index (χ0) is 21.8. The Kier molecular flexibility index (Phi) is 4.43. The second-order valence-electron chi connectivity index (χ2n) is 8.43. The number of hydrogen-bond donors (Lipinski definition) is 0. The molecule has 2 fully saturated rings. The van der Waals surface area contributed by atoms with Crippen LogP contribution in [-0.4, -0.2) is 56.0 Å². The van der Waals surface area contributed by atoms with E-state index in [1.54, 1.807) is 18.5 Å². The number of fused-ring (bicyclic) bond motifs is 3. The maximum absolute atomic E-state index is 13.7. The number of benzene rings is 2. The first-order valence-electron chi connectivity index (χ1n) is 10.7. The lowest BCUT2D eigenvalue weighted by Gasteiger charge is -2.31. The normalized spacial score (nSPS) is 20.3. The van der Waals surface area contributed by atoms with E-state index in [4.69, 9.17) is 16.0 Å². The van der Waals surface area contributed by atoms with Crippen LogP contribution in [0.2, 0.25) is 5.02 Å². The van der Waals surface area contributed by atoms with Gasteiger partial charge in [-0.15, -0.1) is 0 Å². The molecule has 2 bridgehead atoms. The molecule has 2 unspecified atom stereocenters. The van der Waals surface area contributed by atoms with Crippen LogP contribution in [0.1, 0.15) is 28.8 Å². The Balaban J connectivity index is 1.29. The third-order valence-electron chi connectivity index (χ3n) is 6.40. The molecule has 0 N–H and O–H groups in total. The maximum Gasteiger partial charge on any atom is 0.298 e. The van der Waals surface area contributed by atoms with Gasteiger partial charge in [0.05, 0.1) is 29.7 Å². The van der Waals surface area contributed by atoms with E-state index < -0.39 is 0 Å². The Labute approximate surface area is 189 Å². The van der Waals surface area contributed by atoms with E-state index in [9.17, 15) is 4.79 Å². The predicted molar refractivity (Wildman–Crippen MR) is 120 cm³/mol. The lowest BCUT2D eigenvalue weighted by Crippen LogP contribution is -2.40. The highest BCUT2D eigenvalue weighted by Crippen LogP contribution is 2.36. The highest BCUT2D eigenvalue weighted by molar-refractivity contribution is 6.31. The van der Waals surface area contributed by atoms with Crippen LogP contribution < -0.4 is 4.90 Å². The quantitative estimate of drug-likeness (QED) is 0.473. The molecule has 4 aromatic rings. The molecule has 2 aliphatic rings. The molecular formula is C23H21ClN6O2. The lowest BCUT2D eigenvalue weighted by atomic mass is 10.0. The van der Waals surface area contributed by atoms with Gasteiger partial charge in [-0.25, -0.2) is 0 Å². The summed E-state index contributed by atoms with van der Waals surface area (Å²) in [5.74, 6) is 0.0136. The summed E-state index contributed by atoms with van der Waals surface area (Å²) in [7, 11) is 0. The minimum Gasteiger partial charge on any atom is -0.423 e. The van der Waals surface area contributed by atoms with Crippen molar-refractivity contribution in [1.82, 2.24) is 24.9 Å². The number of rotatable bonds is 3. The van der Waals surface area contributed by atoms with Crippen LogP contribution in [0.15, 0.2) is 53.2 Å². The monoisotopic (exact) mass is 448 g/mol. The van der Waals surface area contributed by atoms with Gasteiger partial charge in [0.15, 0.2) is 5.58 Å². The fraction of sp³-hybridized carbons (Fsp3) is 0.304. The largest absolute Gasteiger partial charge is 0.423 e. The fourth-order valence-corrected chi connectivity index (χ4v) is 5.03. The van der Waals surface area contributed by atoms with Crippen molar-refractivity contribution in [2.75, 3.05) is 18.0 Å². The minimum absolute atomic E-state index is 0.0136. The number of nitrogens with zero attached hydrogens (tertiary/aromatic N) is 6. The van der Waals surface area contributed by atoms with Crippen molar-refractivity contribution in [2.24, 2.45) is 0 Å². The predicted octanol–water partition coefficient (Wildman–Crippen LogP) is 3.86. The van der Waals surface area contributed by atoms with Gasteiger partial charge in [0.25, 0.3) is 11.9 Å². The molecule has 8 nitrogen and oxygen atoms in total. The molecular weight excluding hydrogens is 428 g/mol. The summed E-state index contributed by atoms with van der Waals surface area (Å²) in [6, 6.07) is 12.2. The van der Waals surface area contributed by atoms with Gasteiger partial charge in [0, 0.05) is 24.2 Å². The number of aromatic nitrogens is 4. The summed E-state index contributed by atoms with van der Waals surface area (Å²) in [4.78, 5) is 24.0. The Morgan fingerprint density at radius 2 is 1.97 bits per heavy atom. The van der Waals surface area contributed by atoms with E-state index in [0.29, 0.717) is 34.4 Å². The van der Waals surface area contributed by atoms with Crippen molar-refractivity contribution >= 4 is 34.6 Å². The number of hydrogen-bond acceptors (Lipinski definition) is 6. The summed E-state index contributed by atoms with van der Waals surface area (Å²) < 4.78 is 6.01. The van der Waals surface area contributed by atoms with Gasteiger partial charge in [-0.3, -0.25) is 4.79 Å². The zero-order valence-corrected chi connectivity index (χ0v) is 18.2. The standard InChI is InChI=1S/C23H21ClN6O2/c1-14-2-4-20(30-25-7-8-26-30)18(10-14)22(31)29-13-17-12-16(29)6-9-28(17)23-27-19-11-15(24)3-5-21(19)32-23/h2-5,7-8,10-11,16-17H,6,9,12-13H2,1H3. The maximum atomic E-state index is 13.7. The Morgan fingerprint density at radius 3 is 2.81 bits per heavy atom. The summed E-state index contributed by atoms with van der Waals surface area (Å²) in [6.45, 7) is 3.41. The molecule has 2 aromatic carbocycles. The SMILES string of the molecule is Cc1ccc(-n2nccn2)c(C(=O)N2CC3CC2CCN3c2nc3cc(Cl)ccc3o2)c1. The van der Waals surface area contributed by atoms with Gasteiger partial charge < -0.3 is 14.2 Å². The molecule has 0 radical (unpaired) electrons. The number of aryl methyl sites for hydroxylation is 1. The molecule has 2 saturated heterocycles. The number of carbonyl (C=O) groups is 1. The molecule has 0 spiro atoms. The van der Waals surface area contributed by atoms with Crippen LogP contribution in [0.25, 0.3) is 16.8 Å². The average Bonchev–Trinajstić information content (AvgIpc) is 3.52. The molecule has 162 valence electrons. The second kappa shape index (κ2) is 7.34. The van der Waals surface area contributed by atoms with Crippen LogP contribution >= 0.6 is 11.6 Å². The Morgan fingerprint density at radius 1 is 1.12 bits per heavy atom. The van der Waals surface area contributed by atoms with Crippen molar-refractivity contribution in [1.29, 1.82) is 0 Å². The molecule has 0 saturated carbocycles. The van der Waals surface area contributed by atoms with E-state index in [-0.39, 0.29) is 18.0 Å². The molecule has 0 aliphatic carbocycles. The van der Waals surface area contributed by atoms with Crippen molar-refractivity contribution in [3.63, 3.8) is 0 Å². The van der Waals surface area contributed by atoms with Gasteiger partial charge in [0.2, 0.25) is 0 Å². The van der Waals surface area contributed by atoms with Crippen molar-refractivity contribution in [3.05, 3.63) is 64.9 Å². The van der Waals surface area contributed by atoms with Gasteiger partial charge >= 0.3 is 0 Å². The van der Waals surface area contributed by atoms with Gasteiger partial charge in [-0.2, -0.15) is 20.0 Å². The molecule has 32 heavy (non-hydrogen) atoms. The zero-order valence-electron chi connectivity index (χ0n) is 17.5. The summed E-state index contributed by atoms with van der Waals surface area (Å²) in [5.41, 5.74) is 3.81. The van der Waals surface area contributed by atoms with Crippen LogP contribution in [-0.2, 0) is 0 Å². The van der Waals surface area contributed by atoms with Crippen molar-refractivity contribution in [2.45, 2.75) is 31.8 Å². The average molecular weight is 449 g/mol. The smallest absolute Gasteiger partial charge is 0.298 e. The Hall–Kier alpha value is -3.39. The number of anilines is 1. The second-order valence-corrected chi connectivity index (χ2v) is 8.87. The van der Waals surface area contributed by atoms with Crippen LogP contribution in [0.5, 0.6) is 0 Å². The third-order valence-corrected chi connectivity index (χ3v) is 6.63. The van der Waals surface area contributed by atoms with Gasteiger partial charge in [0.1, 0.15) is 5.52 Å². The molecule has 1 amide bonds. The molecule has 4 heterocycles. The van der Waals surface area contributed by atoms with Gasteiger partial charge in [-0.05, 0) is 50.1 Å². The molecule has 2 aliphatic heterocycles. The van der Waals surface area contributed by atoms with Crippen LogP contribution in [0.3, 0.4) is 0 Å². The van der Waals surface area contributed by atoms with Gasteiger partial charge in [-0.1, -0.05) is 23.2 Å². The van der Waals surface area contributed by atoms with E-state index in [2.05, 4.69) is 20.1 Å². The summed E-state index contributed by atoms with van der Waals surface area (Å²) in [5, 5.41) is 9.09.